The molecule has 0 aliphatic rings. The predicted molar refractivity (Wildman–Crippen MR) is 65.7 cm³/mol. The van der Waals surface area contributed by atoms with Crippen molar-refractivity contribution in [2.45, 2.75) is 17.6 Å². The number of methoxy groups -OCH3 is 1. The number of halogens is 1. The molecule has 0 fully saturated rings. The maximum atomic E-state index is 11.8. The van der Waals surface area contributed by atoms with Gasteiger partial charge in [-0.25, -0.2) is 13.1 Å². The zero-order valence-corrected chi connectivity index (χ0v) is 11.5. The van der Waals surface area contributed by atoms with Crippen LogP contribution in [-0.2, 0) is 14.8 Å². The lowest BCUT2D eigenvalue weighted by Gasteiger charge is -2.05. The van der Waals surface area contributed by atoms with Gasteiger partial charge in [0.1, 0.15) is 4.21 Å². The Morgan fingerprint density at radius 1 is 1.56 bits per heavy atom. The van der Waals surface area contributed by atoms with E-state index in [-0.39, 0.29) is 4.21 Å². The molecule has 7 heteroatoms. The first-order valence-corrected chi connectivity index (χ1v) is 7.39. The van der Waals surface area contributed by atoms with Crippen molar-refractivity contribution in [2.24, 2.45) is 0 Å². The van der Waals surface area contributed by atoms with E-state index in [4.69, 9.17) is 16.3 Å². The molecule has 0 atom stereocenters. The lowest BCUT2D eigenvalue weighted by molar-refractivity contribution is 0.196. The van der Waals surface area contributed by atoms with Gasteiger partial charge < -0.3 is 4.74 Å². The second-order valence-electron chi connectivity index (χ2n) is 3.27. The number of aryl methyl sites for hydroxylation is 1. The number of ether oxygens (including phenoxy) is 1. The third-order valence-electron chi connectivity index (χ3n) is 1.90. The predicted octanol–water partition coefficient (Wildman–Crippen LogP) is 2.02. The number of thiophene rings is 1. The fraction of sp³-hybridized carbons (Fsp3) is 0.556. The Balaban J connectivity index is 2.67. The van der Waals surface area contributed by atoms with Gasteiger partial charge in [-0.3, -0.25) is 0 Å². The average Bonchev–Trinajstić information content (AvgIpc) is 2.53. The number of sulfonamides is 1. The van der Waals surface area contributed by atoms with Crippen molar-refractivity contribution in [3.8, 4) is 0 Å². The van der Waals surface area contributed by atoms with E-state index in [0.717, 1.165) is 11.3 Å². The van der Waals surface area contributed by atoms with Crippen molar-refractivity contribution >= 4 is 33.0 Å². The molecular formula is C9H14ClNO3S2. The SMILES string of the molecule is COCCCNS(=O)(=O)c1sc(Cl)cc1C. The van der Waals surface area contributed by atoms with Gasteiger partial charge in [0.15, 0.2) is 0 Å². The quantitative estimate of drug-likeness (QED) is 0.813. The molecule has 0 saturated heterocycles. The fourth-order valence-electron chi connectivity index (χ4n) is 1.18. The molecule has 1 N–H and O–H groups in total. The van der Waals surface area contributed by atoms with Crippen molar-refractivity contribution in [1.29, 1.82) is 0 Å². The third kappa shape index (κ3) is 3.71. The van der Waals surface area contributed by atoms with Crippen LogP contribution in [0.3, 0.4) is 0 Å². The maximum Gasteiger partial charge on any atom is 0.250 e. The highest BCUT2D eigenvalue weighted by Gasteiger charge is 2.19. The van der Waals surface area contributed by atoms with Gasteiger partial charge in [0.25, 0.3) is 0 Å². The molecule has 16 heavy (non-hydrogen) atoms. The smallest absolute Gasteiger partial charge is 0.250 e. The normalized spacial score (nSPS) is 11.9. The number of hydrogen-bond donors (Lipinski definition) is 1. The Morgan fingerprint density at radius 3 is 2.75 bits per heavy atom. The first-order chi connectivity index (χ1) is 7.47. The Bertz CT molecular complexity index is 442. The molecule has 0 aromatic carbocycles. The van der Waals surface area contributed by atoms with Gasteiger partial charge in [-0.1, -0.05) is 11.6 Å². The van der Waals surface area contributed by atoms with Gasteiger partial charge in [-0.15, -0.1) is 11.3 Å². The molecule has 0 aliphatic carbocycles. The van der Waals surface area contributed by atoms with Crippen LogP contribution in [0.15, 0.2) is 10.3 Å². The number of hydrogen-bond acceptors (Lipinski definition) is 4. The van der Waals surface area contributed by atoms with Crippen molar-refractivity contribution < 1.29 is 13.2 Å². The van der Waals surface area contributed by atoms with Gasteiger partial charge >= 0.3 is 0 Å². The Labute approximate surface area is 105 Å². The summed E-state index contributed by atoms with van der Waals surface area (Å²) in [5.74, 6) is 0. The molecule has 4 nitrogen and oxygen atoms in total. The summed E-state index contributed by atoms with van der Waals surface area (Å²) in [6, 6.07) is 1.65. The maximum absolute atomic E-state index is 11.8. The molecule has 0 bridgehead atoms. The van der Waals surface area contributed by atoms with Crippen LogP contribution < -0.4 is 4.72 Å². The van der Waals surface area contributed by atoms with E-state index in [1.807, 2.05) is 0 Å². The van der Waals surface area contributed by atoms with E-state index in [0.29, 0.717) is 29.5 Å². The van der Waals surface area contributed by atoms with Crippen LogP contribution in [0.2, 0.25) is 4.34 Å². The Morgan fingerprint density at radius 2 is 2.25 bits per heavy atom. The van der Waals surface area contributed by atoms with Crippen LogP contribution >= 0.6 is 22.9 Å². The monoisotopic (exact) mass is 283 g/mol. The summed E-state index contributed by atoms with van der Waals surface area (Å²) < 4.78 is 31.8. The molecule has 1 aromatic heterocycles. The summed E-state index contributed by atoms with van der Waals surface area (Å²) in [6.07, 6.45) is 0.647. The molecule has 1 rings (SSSR count). The first-order valence-electron chi connectivity index (χ1n) is 4.72. The largest absolute Gasteiger partial charge is 0.385 e. The van der Waals surface area contributed by atoms with Gasteiger partial charge in [0.2, 0.25) is 10.0 Å². The Hall–Kier alpha value is -0.140. The van der Waals surface area contributed by atoms with Crippen molar-refractivity contribution in [1.82, 2.24) is 4.72 Å². The molecule has 0 unspecified atom stereocenters. The zero-order valence-electron chi connectivity index (χ0n) is 9.12. The van der Waals surface area contributed by atoms with Crippen LogP contribution in [0.25, 0.3) is 0 Å². The standard InChI is InChI=1S/C9H14ClNO3S2/c1-7-6-8(10)15-9(7)16(12,13)11-4-3-5-14-2/h6,11H,3-5H2,1-2H3. The van der Waals surface area contributed by atoms with E-state index < -0.39 is 10.0 Å². The number of nitrogens with one attached hydrogen (secondary N) is 1. The van der Waals surface area contributed by atoms with Crippen LogP contribution in [0.1, 0.15) is 12.0 Å². The minimum absolute atomic E-state index is 0.287. The second-order valence-corrected chi connectivity index (χ2v) is 6.91. The summed E-state index contributed by atoms with van der Waals surface area (Å²) in [5, 5.41) is 0. The van der Waals surface area contributed by atoms with Crippen molar-refractivity contribution in [2.75, 3.05) is 20.3 Å². The van der Waals surface area contributed by atoms with Crippen LogP contribution in [-0.4, -0.2) is 28.7 Å². The van der Waals surface area contributed by atoms with Gasteiger partial charge in [-0.05, 0) is 25.0 Å². The molecule has 0 saturated carbocycles. The van der Waals surface area contributed by atoms with Crippen LogP contribution in [0.5, 0.6) is 0 Å². The Kier molecular flexibility index (Phi) is 5.20. The molecule has 0 spiro atoms. The second kappa shape index (κ2) is 5.97. The van der Waals surface area contributed by atoms with Gasteiger partial charge in [-0.2, -0.15) is 0 Å². The average molecular weight is 284 g/mol. The molecule has 0 amide bonds. The van der Waals surface area contributed by atoms with E-state index in [1.54, 1.807) is 20.1 Å². The fourth-order valence-corrected chi connectivity index (χ4v) is 4.26. The topological polar surface area (TPSA) is 55.4 Å². The van der Waals surface area contributed by atoms with Crippen LogP contribution in [0.4, 0.5) is 0 Å². The van der Waals surface area contributed by atoms with Crippen molar-refractivity contribution in [3.05, 3.63) is 16.0 Å². The van der Waals surface area contributed by atoms with Crippen molar-refractivity contribution in [3.63, 3.8) is 0 Å². The van der Waals surface area contributed by atoms with Crippen LogP contribution in [0, 0.1) is 6.92 Å². The lowest BCUT2D eigenvalue weighted by Crippen LogP contribution is -2.25. The summed E-state index contributed by atoms with van der Waals surface area (Å²) in [4.78, 5) is 0. The zero-order chi connectivity index (χ0) is 12.2. The highest BCUT2D eigenvalue weighted by molar-refractivity contribution is 7.91. The number of rotatable bonds is 6. The summed E-state index contributed by atoms with van der Waals surface area (Å²) >= 11 is 6.83. The molecule has 1 aromatic rings. The van der Waals surface area contributed by atoms with E-state index in [9.17, 15) is 8.42 Å². The molecule has 0 aliphatic heterocycles. The molecule has 1 heterocycles. The third-order valence-corrected chi connectivity index (χ3v) is 5.37. The molecule has 92 valence electrons. The van der Waals surface area contributed by atoms with E-state index in [2.05, 4.69) is 4.72 Å². The van der Waals surface area contributed by atoms with Gasteiger partial charge in [0, 0.05) is 20.3 Å². The lowest BCUT2D eigenvalue weighted by atomic mass is 10.4. The molecular weight excluding hydrogens is 270 g/mol. The molecule has 0 radical (unpaired) electrons. The highest BCUT2D eigenvalue weighted by atomic mass is 35.5. The minimum atomic E-state index is -3.42. The van der Waals surface area contributed by atoms with Gasteiger partial charge in [0.05, 0.1) is 4.34 Å². The minimum Gasteiger partial charge on any atom is -0.385 e. The first kappa shape index (κ1) is 13.9. The highest BCUT2D eigenvalue weighted by Crippen LogP contribution is 2.29. The summed E-state index contributed by atoms with van der Waals surface area (Å²) in [6.45, 7) is 2.63. The summed E-state index contributed by atoms with van der Waals surface area (Å²) in [5.41, 5.74) is 0.675. The summed E-state index contributed by atoms with van der Waals surface area (Å²) in [7, 11) is -1.84. The van der Waals surface area contributed by atoms with E-state index in [1.165, 1.54) is 0 Å². The van der Waals surface area contributed by atoms with E-state index >= 15 is 0 Å².